The lowest BCUT2D eigenvalue weighted by Crippen LogP contribution is -2.07. The number of benzene rings is 1. The molecule has 5 heteroatoms. The average molecular weight is 324 g/mol. The van der Waals surface area contributed by atoms with Gasteiger partial charge in [-0.2, -0.15) is 0 Å². The van der Waals surface area contributed by atoms with E-state index < -0.39 is 11.9 Å². The molecule has 0 saturated carbocycles. The van der Waals surface area contributed by atoms with Gasteiger partial charge in [-0.25, -0.2) is 0 Å². The number of hydrogen-bond acceptors (Lipinski definition) is 2. The van der Waals surface area contributed by atoms with Crippen LogP contribution < -0.4 is 0 Å². The molecule has 0 amide bonds. The van der Waals surface area contributed by atoms with Crippen molar-refractivity contribution in [2.24, 2.45) is 0 Å². The van der Waals surface area contributed by atoms with Crippen LogP contribution in [0.3, 0.4) is 0 Å². The lowest BCUT2D eigenvalue weighted by atomic mass is 10.0. The van der Waals surface area contributed by atoms with Gasteiger partial charge in [-0.05, 0) is 56.5 Å². The van der Waals surface area contributed by atoms with Crippen LogP contribution in [0.15, 0.2) is 21.1 Å². The van der Waals surface area contributed by atoms with Crippen molar-refractivity contribution in [3.8, 4) is 5.75 Å². The molecule has 3 nitrogen and oxygen atoms in total. The SMILES string of the molecule is CC(C(=O)O)c1cc(Br)c(O)c(Br)c1. The maximum absolute atomic E-state index is 10.7. The van der Waals surface area contributed by atoms with E-state index in [2.05, 4.69) is 31.9 Å². The average Bonchev–Trinajstić information content (AvgIpc) is 2.12. The highest BCUT2D eigenvalue weighted by molar-refractivity contribution is 9.11. The Hall–Kier alpha value is -0.550. The molecule has 0 heterocycles. The number of aromatic hydroxyl groups is 1. The number of carbonyl (C=O) groups is 1. The zero-order valence-electron chi connectivity index (χ0n) is 7.29. The van der Waals surface area contributed by atoms with Gasteiger partial charge in [0.25, 0.3) is 0 Å². The predicted molar refractivity (Wildman–Crippen MR) is 59.6 cm³/mol. The van der Waals surface area contributed by atoms with Gasteiger partial charge < -0.3 is 10.2 Å². The number of carboxylic acids is 1. The van der Waals surface area contributed by atoms with E-state index in [1.54, 1.807) is 19.1 Å². The lowest BCUT2D eigenvalue weighted by molar-refractivity contribution is -0.138. The zero-order chi connectivity index (χ0) is 10.9. The highest BCUT2D eigenvalue weighted by Gasteiger charge is 2.16. The molecule has 0 spiro atoms. The highest BCUT2D eigenvalue weighted by atomic mass is 79.9. The Balaban J connectivity index is 3.19. The first kappa shape index (κ1) is 11.5. The van der Waals surface area contributed by atoms with Crippen LogP contribution in [0.1, 0.15) is 18.4 Å². The Bertz CT molecular complexity index is 353. The van der Waals surface area contributed by atoms with Crippen LogP contribution in [0, 0.1) is 0 Å². The molecule has 0 aromatic heterocycles. The van der Waals surface area contributed by atoms with Crippen molar-refractivity contribution in [3.05, 3.63) is 26.6 Å². The highest BCUT2D eigenvalue weighted by Crippen LogP contribution is 2.35. The van der Waals surface area contributed by atoms with E-state index in [1.165, 1.54) is 0 Å². The van der Waals surface area contributed by atoms with Crippen molar-refractivity contribution < 1.29 is 15.0 Å². The fourth-order valence-electron chi connectivity index (χ4n) is 0.978. The number of carboxylic acid groups (broad SMARTS) is 1. The van der Waals surface area contributed by atoms with E-state index in [4.69, 9.17) is 5.11 Å². The Morgan fingerprint density at radius 1 is 1.36 bits per heavy atom. The summed E-state index contributed by atoms with van der Waals surface area (Å²) in [4.78, 5) is 10.7. The predicted octanol–water partition coefficient (Wildman–Crippen LogP) is 3.11. The van der Waals surface area contributed by atoms with Gasteiger partial charge in [0.15, 0.2) is 0 Å². The third-order valence-corrected chi connectivity index (χ3v) is 3.12. The number of phenolic OH excluding ortho intramolecular Hbond substituents is 1. The molecule has 1 aromatic carbocycles. The first-order valence-corrected chi connectivity index (χ1v) is 5.42. The monoisotopic (exact) mass is 322 g/mol. The van der Waals surface area contributed by atoms with Crippen LogP contribution in [0.25, 0.3) is 0 Å². The quantitative estimate of drug-likeness (QED) is 0.879. The van der Waals surface area contributed by atoms with E-state index in [9.17, 15) is 9.90 Å². The van der Waals surface area contributed by atoms with E-state index in [1.807, 2.05) is 0 Å². The summed E-state index contributed by atoms with van der Waals surface area (Å²) in [5.74, 6) is -1.41. The first-order chi connectivity index (χ1) is 6.43. The van der Waals surface area contributed by atoms with Crippen molar-refractivity contribution in [2.45, 2.75) is 12.8 Å². The second-order valence-electron chi connectivity index (χ2n) is 2.89. The topological polar surface area (TPSA) is 57.5 Å². The molecule has 1 unspecified atom stereocenters. The number of rotatable bonds is 2. The van der Waals surface area contributed by atoms with Gasteiger partial charge in [-0.3, -0.25) is 4.79 Å². The van der Waals surface area contributed by atoms with E-state index in [0.29, 0.717) is 14.5 Å². The Labute approximate surface area is 98.0 Å². The van der Waals surface area contributed by atoms with Crippen LogP contribution in [0.2, 0.25) is 0 Å². The largest absolute Gasteiger partial charge is 0.506 e. The molecule has 0 saturated heterocycles. The first-order valence-electron chi connectivity index (χ1n) is 3.84. The second kappa shape index (κ2) is 4.31. The summed E-state index contributed by atoms with van der Waals surface area (Å²) in [6, 6.07) is 3.19. The Morgan fingerprint density at radius 3 is 2.14 bits per heavy atom. The van der Waals surface area contributed by atoms with Crippen LogP contribution in [0.4, 0.5) is 0 Å². The van der Waals surface area contributed by atoms with Crippen LogP contribution in [-0.4, -0.2) is 16.2 Å². The molecule has 0 fully saturated rings. The summed E-state index contributed by atoms with van der Waals surface area (Å²) in [6.45, 7) is 1.59. The summed E-state index contributed by atoms with van der Waals surface area (Å²) in [5.41, 5.74) is 0.633. The van der Waals surface area contributed by atoms with Crippen molar-refractivity contribution in [1.82, 2.24) is 0 Å². The third-order valence-electron chi connectivity index (χ3n) is 1.91. The standard InChI is InChI=1S/C9H8Br2O3/c1-4(9(13)14)5-2-6(10)8(12)7(11)3-5/h2-4,12H,1H3,(H,13,14). The summed E-state index contributed by atoms with van der Waals surface area (Å²) in [5, 5.41) is 18.2. The molecular weight excluding hydrogens is 316 g/mol. The molecule has 2 N–H and O–H groups in total. The minimum absolute atomic E-state index is 0.0753. The number of phenols is 1. The zero-order valence-corrected chi connectivity index (χ0v) is 10.5. The fourth-order valence-corrected chi connectivity index (χ4v) is 2.20. The van der Waals surface area contributed by atoms with E-state index in [-0.39, 0.29) is 5.75 Å². The van der Waals surface area contributed by atoms with Crippen LogP contribution >= 0.6 is 31.9 Å². The fraction of sp³-hybridized carbons (Fsp3) is 0.222. The van der Waals surface area contributed by atoms with Crippen molar-refractivity contribution >= 4 is 37.8 Å². The number of aliphatic carboxylic acids is 1. The van der Waals surface area contributed by atoms with Crippen molar-refractivity contribution in [2.75, 3.05) is 0 Å². The molecule has 0 aliphatic carbocycles. The molecule has 1 atom stereocenters. The van der Waals surface area contributed by atoms with Crippen molar-refractivity contribution in [1.29, 1.82) is 0 Å². The maximum Gasteiger partial charge on any atom is 0.310 e. The summed E-state index contributed by atoms with van der Waals surface area (Å²) < 4.78 is 0.963. The second-order valence-corrected chi connectivity index (χ2v) is 4.60. The summed E-state index contributed by atoms with van der Waals surface area (Å²) in [7, 11) is 0. The molecule has 1 aromatic rings. The molecule has 0 radical (unpaired) electrons. The van der Waals surface area contributed by atoms with Gasteiger partial charge >= 0.3 is 5.97 Å². The molecule has 1 rings (SSSR count). The van der Waals surface area contributed by atoms with E-state index in [0.717, 1.165) is 0 Å². The molecule has 76 valence electrons. The lowest BCUT2D eigenvalue weighted by Gasteiger charge is -2.09. The van der Waals surface area contributed by atoms with Gasteiger partial charge in [0.1, 0.15) is 5.75 Å². The van der Waals surface area contributed by atoms with Gasteiger partial charge in [0.2, 0.25) is 0 Å². The summed E-state index contributed by atoms with van der Waals surface area (Å²) >= 11 is 6.28. The molecule has 0 aliphatic rings. The summed E-state index contributed by atoms with van der Waals surface area (Å²) in [6.07, 6.45) is 0. The maximum atomic E-state index is 10.7. The minimum atomic E-state index is -0.894. The van der Waals surface area contributed by atoms with E-state index >= 15 is 0 Å². The van der Waals surface area contributed by atoms with Crippen LogP contribution in [0.5, 0.6) is 5.75 Å². The minimum Gasteiger partial charge on any atom is -0.506 e. The van der Waals surface area contributed by atoms with Gasteiger partial charge in [-0.15, -0.1) is 0 Å². The molecule has 0 bridgehead atoms. The Morgan fingerprint density at radius 2 is 1.79 bits per heavy atom. The van der Waals surface area contributed by atoms with Crippen molar-refractivity contribution in [3.63, 3.8) is 0 Å². The van der Waals surface area contributed by atoms with Gasteiger partial charge in [0, 0.05) is 0 Å². The Kier molecular flexibility index (Phi) is 3.55. The van der Waals surface area contributed by atoms with Gasteiger partial charge in [-0.1, -0.05) is 0 Å². The number of hydrogen-bond donors (Lipinski definition) is 2. The van der Waals surface area contributed by atoms with Gasteiger partial charge in [0.05, 0.1) is 14.9 Å². The number of halogens is 2. The normalized spacial score (nSPS) is 12.5. The smallest absolute Gasteiger partial charge is 0.310 e. The molecular formula is C9H8Br2O3. The van der Waals surface area contributed by atoms with Crippen LogP contribution in [-0.2, 0) is 4.79 Å². The third kappa shape index (κ3) is 2.27. The molecule has 0 aliphatic heterocycles. The molecule has 14 heavy (non-hydrogen) atoms.